The Morgan fingerprint density at radius 3 is 3.10 bits per heavy atom. The number of fused-ring (bicyclic) bond motifs is 1. The number of nitrogens with zero attached hydrogens (tertiary/aromatic N) is 2. The van der Waals surface area contributed by atoms with Crippen LogP contribution in [0.5, 0.6) is 5.75 Å². The zero-order valence-electron chi connectivity index (χ0n) is 5.28. The van der Waals surface area contributed by atoms with E-state index in [1.54, 1.807) is 12.1 Å². The molecule has 0 fully saturated rings. The summed E-state index contributed by atoms with van der Waals surface area (Å²) >= 11 is 0. The average Bonchev–Trinajstić information content (AvgIpc) is 2.36. The van der Waals surface area contributed by atoms with E-state index in [9.17, 15) is 5.11 Å². The third-order valence-electron chi connectivity index (χ3n) is 1.51. The Morgan fingerprint density at radius 1 is 1.40 bits per heavy atom. The Balaban J connectivity index is 2.67. The van der Waals surface area contributed by atoms with Crippen molar-refractivity contribution in [2.24, 2.45) is 10.2 Å². The summed E-state index contributed by atoms with van der Waals surface area (Å²) in [6.07, 6.45) is 0. The largest absolute Gasteiger partial charge is 0.506 e. The molecule has 3 nitrogen and oxygen atoms in total. The van der Waals surface area contributed by atoms with E-state index in [1.165, 1.54) is 0 Å². The van der Waals surface area contributed by atoms with Crippen LogP contribution in [0.15, 0.2) is 28.4 Å². The van der Waals surface area contributed by atoms with Crippen molar-refractivity contribution in [2.45, 2.75) is 6.54 Å². The highest BCUT2D eigenvalue weighted by Crippen LogP contribution is 2.34. The van der Waals surface area contributed by atoms with Crippen molar-refractivity contribution in [3.05, 3.63) is 23.8 Å². The SMILES string of the molecule is Oc1cccc2c1N=NC2. The topological polar surface area (TPSA) is 45.0 Å². The maximum atomic E-state index is 9.18. The van der Waals surface area contributed by atoms with Crippen LogP contribution in [0, 0.1) is 0 Å². The van der Waals surface area contributed by atoms with Crippen LogP contribution in [0.2, 0.25) is 0 Å². The molecule has 0 unspecified atom stereocenters. The zero-order valence-corrected chi connectivity index (χ0v) is 5.28. The van der Waals surface area contributed by atoms with Crippen molar-refractivity contribution in [1.82, 2.24) is 0 Å². The molecule has 1 aromatic rings. The quantitative estimate of drug-likeness (QED) is 0.579. The first kappa shape index (κ1) is 5.41. The van der Waals surface area contributed by atoms with Gasteiger partial charge in [-0.25, -0.2) is 0 Å². The third-order valence-corrected chi connectivity index (χ3v) is 1.51. The molecule has 1 N–H and O–H groups in total. The van der Waals surface area contributed by atoms with Crippen molar-refractivity contribution in [3.63, 3.8) is 0 Å². The van der Waals surface area contributed by atoms with Gasteiger partial charge in [0.2, 0.25) is 0 Å². The Hall–Kier alpha value is -1.38. The second-order valence-corrected chi connectivity index (χ2v) is 2.18. The second kappa shape index (κ2) is 1.80. The second-order valence-electron chi connectivity index (χ2n) is 2.18. The van der Waals surface area contributed by atoms with Crippen LogP contribution in [0.4, 0.5) is 5.69 Å². The van der Waals surface area contributed by atoms with Crippen LogP contribution in [-0.4, -0.2) is 5.11 Å². The zero-order chi connectivity index (χ0) is 6.97. The molecule has 0 spiro atoms. The lowest BCUT2D eigenvalue weighted by molar-refractivity contribution is 0.476. The standard InChI is InChI=1S/C7H6N2O/c10-6-3-1-2-5-4-8-9-7(5)6/h1-3,10H,4H2. The van der Waals surface area contributed by atoms with Gasteiger partial charge in [-0.15, -0.1) is 0 Å². The Bertz CT molecular complexity index is 294. The number of benzene rings is 1. The van der Waals surface area contributed by atoms with Crippen LogP contribution >= 0.6 is 0 Å². The first-order valence-corrected chi connectivity index (χ1v) is 3.06. The maximum Gasteiger partial charge on any atom is 0.143 e. The summed E-state index contributed by atoms with van der Waals surface area (Å²) in [5, 5.41) is 16.7. The number of phenols is 1. The molecule has 3 heteroatoms. The highest BCUT2D eigenvalue weighted by molar-refractivity contribution is 5.57. The van der Waals surface area contributed by atoms with Crippen LogP contribution in [0.25, 0.3) is 0 Å². The molecule has 0 atom stereocenters. The average molecular weight is 134 g/mol. The van der Waals surface area contributed by atoms with Gasteiger partial charge in [0.05, 0.1) is 6.54 Å². The van der Waals surface area contributed by atoms with E-state index in [2.05, 4.69) is 10.2 Å². The van der Waals surface area contributed by atoms with Crippen molar-refractivity contribution in [3.8, 4) is 5.75 Å². The number of phenolic OH excluding ortho intramolecular Hbond substituents is 1. The molecule has 1 aliphatic rings. The lowest BCUT2D eigenvalue weighted by Gasteiger charge is -1.95. The molecule has 50 valence electrons. The van der Waals surface area contributed by atoms with E-state index < -0.39 is 0 Å². The van der Waals surface area contributed by atoms with Crippen LogP contribution in [0.3, 0.4) is 0 Å². The third kappa shape index (κ3) is 0.603. The lowest BCUT2D eigenvalue weighted by atomic mass is 10.2. The molecule has 0 radical (unpaired) electrons. The minimum atomic E-state index is 0.221. The van der Waals surface area contributed by atoms with E-state index in [1.807, 2.05) is 6.07 Å². The summed E-state index contributed by atoms with van der Waals surface area (Å²) in [4.78, 5) is 0. The summed E-state index contributed by atoms with van der Waals surface area (Å²) in [5.74, 6) is 0.221. The van der Waals surface area contributed by atoms with Crippen LogP contribution in [-0.2, 0) is 6.54 Å². The molecular formula is C7H6N2O. The van der Waals surface area contributed by atoms with Gasteiger partial charge in [0.15, 0.2) is 0 Å². The van der Waals surface area contributed by atoms with Gasteiger partial charge in [-0.2, -0.15) is 10.2 Å². The van der Waals surface area contributed by atoms with E-state index >= 15 is 0 Å². The van der Waals surface area contributed by atoms with Gasteiger partial charge >= 0.3 is 0 Å². The predicted molar refractivity (Wildman–Crippen MR) is 36.3 cm³/mol. The highest BCUT2D eigenvalue weighted by Gasteiger charge is 2.10. The molecule has 2 rings (SSSR count). The van der Waals surface area contributed by atoms with E-state index in [-0.39, 0.29) is 5.75 Å². The lowest BCUT2D eigenvalue weighted by Crippen LogP contribution is -1.74. The van der Waals surface area contributed by atoms with Gasteiger partial charge in [-0.05, 0) is 6.07 Å². The van der Waals surface area contributed by atoms with Gasteiger partial charge in [0.25, 0.3) is 0 Å². The molecule has 0 amide bonds. The monoisotopic (exact) mass is 134 g/mol. The van der Waals surface area contributed by atoms with Gasteiger partial charge in [-0.1, -0.05) is 12.1 Å². The summed E-state index contributed by atoms with van der Waals surface area (Å²) in [7, 11) is 0. The van der Waals surface area contributed by atoms with E-state index in [0.29, 0.717) is 12.2 Å². The van der Waals surface area contributed by atoms with Gasteiger partial charge < -0.3 is 5.11 Å². The number of hydrogen-bond acceptors (Lipinski definition) is 3. The molecule has 1 aromatic carbocycles. The van der Waals surface area contributed by atoms with Gasteiger partial charge in [-0.3, -0.25) is 0 Å². The normalized spacial score (nSPS) is 13.6. The van der Waals surface area contributed by atoms with Crippen molar-refractivity contribution < 1.29 is 5.11 Å². The summed E-state index contributed by atoms with van der Waals surface area (Å²) < 4.78 is 0. The Labute approximate surface area is 58.0 Å². The molecule has 0 bridgehead atoms. The molecule has 1 heterocycles. The number of rotatable bonds is 0. The Kier molecular flexibility index (Phi) is 0.974. The molecular weight excluding hydrogens is 128 g/mol. The fourth-order valence-electron chi connectivity index (χ4n) is 1.00. The van der Waals surface area contributed by atoms with Gasteiger partial charge in [0.1, 0.15) is 11.4 Å². The minimum Gasteiger partial charge on any atom is -0.506 e. The van der Waals surface area contributed by atoms with E-state index in [0.717, 1.165) is 5.56 Å². The first-order valence-electron chi connectivity index (χ1n) is 3.06. The predicted octanol–water partition coefficient (Wildman–Crippen LogP) is 1.99. The molecule has 0 saturated carbocycles. The first-order chi connectivity index (χ1) is 4.88. The minimum absolute atomic E-state index is 0.221. The molecule has 0 aromatic heterocycles. The number of azo groups is 1. The molecule has 0 aliphatic carbocycles. The van der Waals surface area contributed by atoms with Crippen molar-refractivity contribution in [1.29, 1.82) is 0 Å². The summed E-state index contributed by atoms with van der Waals surface area (Å²) in [6, 6.07) is 5.32. The molecule has 1 aliphatic heterocycles. The highest BCUT2D eigenvalue weighted by atomic mass is 16.3. The number of aromatic hydroxyl groups is 1. The van der Waals surface area contributed by atoms with Crippen LogP contribution < -0.4 is 0 Å². The maximum absolute atomic E-state index is 9.18. The van der Waals surface area contributed by atoms with E-state index in [4.69, 9.17) is 0 Å². The van der Waals surface area contributed by atoms with Crippen molar-refractivity contribution in [2.75, 3.05) is 0 Å². The Morgan fingerprint density at radius 2 is 2.30 bits per heavy atom. The summed E-state index contributed by atoms with van der Waals surface area (Å²) in [5.41, 5.74) is 1.63. The molecule has 10 heavy (non-hydrogen) atoms. The smallest absolute Gasteiger partial charge is 0.143 e. The fourth-order valence-corrected chi connectivity index (χ4v) is 1.00. The summed E-state index contributed by atoms with van der Waals surface area (Å²) in [6.45, 7) is 0.601. The van der Waals surface area contributed by atoms with Crippen molar-refractivity contribution >= 4 is 5.69 Å². The van der Waals surface area contributed by atoms with Crippen LogP contribution in [0.1, 0.15) is 5.56 Å². The van der Waals surface area contributed by atoms with Gasteiger partial charge in [0, 0.05) is 5.56 Å². The fraction of sp³-hybridized carbons (Fsp3) is 0.143. The molecule has 0 saturated heterocycles. The number of hydrogen-bond donors (Lipinski definition) is 1.